The summed E-state index contributed by atoms with van der Waals surface area (Å²) in [6, 6.07) is 27.6. The molecule has 0 radical (unpaired) electrons. The molecule has 0 saturated heterocycles. The summed E-state index contributed by atoms with van der Waals surface area (Å²) >= 11 is 8.99. The van der Waals surface area contributed by atoms with Gasteiger partial charge in [0.05, 0.1) is 0 Å². The zero-order valence-corrected chi connectivity index (χ0v) is 28.5. The predicted molar refractivity (Wildman–Crippen MR) is 167 cm³/mol. The number of aliphatic carboxylic acids is 1. The second kappa shape index (κ2) is 21.7. The molecule has 0 atom stereocenters. The topological polar surface area (TPSA) is 104 Å². The maximum absolute atomic E-state index is 12.7. The van der Waals surface area contributed by atoms with Gasteiger partial charge < -0.3 is 24.3 Å². The molecular formula is C28H25BBr2F2IO6Pd-. The third kappa shape index (κ3) is 20.5. The molecule has 0 amide bonds. The summed E-state index contributed by atoms with van der Waals surface area (Å²) in [6.07, 6.45) is 0. The van der Waals surface area contributed by atoms with E-state index in [1.807, 2.05) is 36.4 Å². The van der Waals surface area contributed by atoms with Crippen molar-refractivity contribution in [2.75, 3.05) is 0 Å². The van der Waals surface area contributed by atoms with Crippen molar-refractivity contribution in [3.63, 3.8) is 0 Å². The normalized spacial score (nSPS) is 9.10. The molecule has 0 spiro atoms. The van der Waals surface area contributed by atoms with Gasteiger partial charge in [-0.15, -0.1) is 6.92 Å². The Balaban J connectivity index is 0.000000524. The first-order valence-corrected chi connectivity index (χ1v) is 14.0. The Morgan fingerprint density at radius 2 is 1.05 bits per heavy atom. The van der Waals surface area contributed by atoms with Gasteiger partial charge in [-0.1, -0.05) is 68.3 Å². The number of hydrogen-bond acceptors (Lipinski definition) is 5. The smallest absolute Gasteiger partial charge is 0.481 e. The van der Waals surface area contributed by atoms with Crippen LogP contribution in [0.2, 0.25) is 0 Å². The number of aryl methyl sites for hydroxylation is 1. The van der Waals surface area contributed by atoms with Crippen LogP contribution in [0.25, 0.3) is 11.1 Å². The average Bonchev–Trinajstić information content (AvgIpc) is 3.70. The van der Waals surface area contributed by atoms with Gasteiger partial charge in [0.15, 0.2) is 0 Å². The molecule has 0 aliphatic carbocycles. The maximum atomic E-state index is 12.7. The van der Waals surface area contributed by atoms with Gasteiger partial charge in [-0.2, -0.15) is 0 Å². The Morgan fingerprint density at radius 1 is 0.756 bits per heavy atom. The number of halogens is 5. The summed E-state index contributed by atoms with van der Waals surface area (Å²) in [4.78, 5) is 9.00. The Bertz CT molecular complexity index is 1280. The number of carbonyl (C=O) groups is 1. The molecule has 222 valence electrons. The van der Waals surface area contributed by atoms with E-state index in [9.17, 15) is 8.78 Å². The molecule has 1 aromatic heterocycles. The van der Waals surface area contributed by atoms with Crippen LogP contribution in [-0.4, -0.2) is 28.2 Å². The van der Waals surface area contributed by atoms with Crippen LogP contribution < -0.4 is 5.46 Å². The standard InChI is InChI=1S/C12H8BrF.C6H6BFO2.C6H4BrI.C2H3O2.C2H4O2.Pd/c13-11-5-1-9(2-6-11)10-3-7-12(14)8-4-10;8-6-3-1-5(2-4-6)7(9)10;7-5-1-3-6(8)4-2-5;1-2-3-4-2;1-2(3)4;/h1-8H;1-4,9-10H;1-4H;1H3;1H3,(H,3,4);/q;;;-1;;. The van der Waals surface area contributed by atoms with Gasteiger partial charge >= 0.3 is 7.12 Å². The van der Waals surface area contributed by atoms with Crippen molar-refractivity contribution in [2.45, 2.75) is 13.8 Å². The monoisotopic (exact) mass is 897 g/mol. The van der Waals surface area contributed by atoms with Gasteiger partial charge in [0.25, 0.3) is 5.97 Å². The summed E-state index contributed by atoms with van der Waals surface area (Å²) < 4.78 is 36.5. The van der Waals surface area contributed by atoms with E-state index in [0.717, 1.165) is 27.0 Å². The fraction of sp³-hybridized carbons (Fsp3) is 0.0714. The molecule has 5 rings (SSSR count). The van der Waals surface area contributed by atoms with Crippen LogP contribution >= 0.6 is 54.5 Å². The van der Waals surface area contributed by atoms with Crippen LogP contribution in [0.15, 0.2) is 115 Å². The van der Waals surface area contributed by atoms with Crippen molar-refractivity contribution in [3.8, 4) is 11.1 Å². The van der Waals surface area contributed by atoms with E-state index in [1.54, 1.807) is 19.1 Å². The van der Waals surface area contributed by atoms with Crippen LogP contribution in [0.4, 0.5) is 8.78 Å². The fourth-order valence-corrected chi connectivity index (χ4v) is 3.28. The van der Waals surface area contributed by atoms with Crippen LogP contribution in [-0.2, 0) is 25.2 Å². The summed E-state index contributed by atoms with van der Waals surface area (Å²) in [5.74, 6) is -0.754. The molecule has 0 unspecified atom stereocenters. The first-order chi connectivity index (χ1) is 18.9. The Labute approximate surface area is 281 Å². The summed E-state index contributed by atoms with van der Waals surface area (Å²) in [6.45, 7) is 2.83. The quantitative estimate of drug-likeness (QED) is 0.0724. The van der Waals surface area contributed by atoms with Gasteiger partial charge in [0, 0.05) is 45.8 Å². The zero-order valence-electron chi connectivity index (χ0n) is 21.6. The molecular weight excluding hydrogens is 874 g/mol. The van der Waals surface area contributed by atoms with Gasteiger partial charge in [0.1, 0.15) is 11.6 Å². The predicted octanol–water partition coefficient (Wildman–Crippen LogP) is 7.80. The largest absolute Gasteiger partial charge is 0.488 e. The number of benzene rings is 4. The summed E-state index contributed by atoms with van der Waals surface area (Å²) in [5.41, 5.74) is 2.41. The van der Waals surface area contributed by atoms with E-state index in [4.69, 9.17) is 19.9 Å². The van der Waals surface area contributed by atoms with Crippen molar-refractivity contribution in [1.82, 2.24) is 0 Å². The van der Waals surface area contributed by atoms with Gasteiger partial charge in [-0.25, -0.2) is 8.78 Å². The SMILES string of the molecule is Brc1ccc(I)cc1.CC(=O)O.C[c-]1oo1.Fc1ccc(-c2ccc(Br)cc2)cc1.OB(O)c1ccc(F)cc1.[Pd]. The van der Waals surface area contributed by atoms with Crippen molar-refractivity contribution < 1.29 is 58.3 Å². The van der Waals surface area contributed by atoms with Crippen molar-refractivity contribution >= 4 is 73.0 Å². The van der Waals surface area contributed by atoms with Gasteiger partial charge in [0.2, 0.25) is 0 Å². The Kier molecular flexibility index (Phi) is 20.6. The molecule has 0 aliphatic rings. The fourth-order valence-electron chi connectivity index (χ4n) is 2.39. The Hall–Kier alpha value is -1.98. The van der Waals surface area contributed by atoms with E-state index < -0.39 is 13.1 Å². The third-order valence-electron chi connectivity index (χ3n) is 4.24. The van der Waals surface area contributed by atoms with Crippen LogP contribution in [0.3, 0.4) is 0 Å². The van der Waals surface area contributed by atoms with Gasteiger partial charge in [-0.05, 0) is 99.8 Å². The van der Waals surface area contributed by atoms with E-state index in [1.165, 1.54) is 40.0 Å². The van der Waals surface area contributed by atoms with Crippen LogP contribution in [0, 0.1) is 22.1 Å². The molecule has 3 N–H and O–H groups in total. The molecule has 13 heteroatoms. The van der Waals surface area contributed by atoms with Crippen LogP contribution in [0.5, 0.6) is 0 Å². The molecule has 4 aromatic carbocycles. The molecule has 0 fully saturated rings. The van der Waals surface area contributed by atoms with E-state index in [2.05, 4.69) is 75.7 Å². The number of hydrogen-bond donors (Lipinski definition) is 3. The Morgan fingerprint density at radius 3 is 1.34 bits per heavy atom. The molecule has 0 bridgehead atoms. The van der Waals surface area contributed by atoms with E-state index in [0.29, 0.717) is 11.4 Å². The van der Waals surface area contributed by atoms with Crippen molar-refractivity contribution in [3.05, 3.63) is 127 Å². The molecule has 6 nitrogen and oxygen atoms in total. The number of carboxylic acids is 1. The average molecular weight is 899 g/mol. The van der Waals surface area contributed by atoms with Crippen LogP contribution in [0.1, 0.15) is 12.9 Å². The number of rotatable bonds is 2. The molecule has 0 saturated carbocycles. The maximum Gasteiger partial charge on any atom is 0.488 e. The summed E-state index contributed by atoms with van der Waals surface area (Å²) in [5, 5.41) is 24.5. The van der Waals surface area contributed by atoms with Gasteiger partial charge in [-0.3, -0.25) is 4.79 Å². The third-order valence-corrected chi connectivity index (χ3v) is 6.02. The summed E-state index contributed by atoms with van der Waals surface area (Å²) in [7, 11) is -1.51. The van der Waals surface area contributed by atoms with E-state index in [-0.39, 0.29) is 32.1 Å². The molecule has 41 heavy (non-hydrogen) atoms. The minimum atomic E-state index is -1.51. The second-order valence-corrected chi connectivity index (χ2v) is 10.6. The number of carboxylic acid groups (broad SMARTS) is 1. The molecule has 0 aliphatic heterocycles. The minimum Gasteiger partial charge on any atom is -0.481 e. The van der Waals surface area contributed by atoms with Crippen molar-refractivity contribution in [2.24, 2.45) is 0 Å². The first-order valence-electron chi connectivity index (χ1n) is 11.3. The van der Waals surface area contributed by atoms with E-state index >= 15 is 0 Å². The molecule has 1 heterocycles. The molecule has 5 aromatic rings. The minimum absolute atomic E-state index is 0. The van der Waals surface area contributed by atoms with Crippen molar-refractivity contribution in [1.29, 1.82) is 0 Å². The second-order valence-electron chi connectivity index (χ2n) is 7.55. The first kappa shape index (κ1) is 39.0. The zero-order chi connectivity index (χ0) is 30.1.